The first-order valence-corrected chi connectivity index (χ1v) is 7.78. The summed E-state index contributed by atoms with van der Waals surface area (Å²) in [5, 5.41) is 3.60. The highest BCUT2D eigenvalue weighted by Crippen LogP contribution is 2.20. The van der Waals surface area contributed by atoms with Crippen molar-refractivity contribution < 1.29 is 4.39 Å². The van der Waals surface area contributed by atoms with Crippen LogP contribution in [-0.4, -0.2) is 50.2 Å². The maximum absolute atomic E-state index is 13.8. The van der Waals surface area contributed by atoms with Crippen LogP contribution in [0.1, 0.15) is 19.3 Å². The number of hydrogen-bond acceptors (Lipinski definition) is 3. The highest BCUT2D eigenvalue weighted by molar-refractivity contribution is 5.47. The molecule has 0 aliphatic carbocycles. The lowest BCUT2D eigenvalue weighted by Gasteiger charge is -2.38. The smallest absolute Gasteiger partial charge is 0.146 e. The Morgan fingerprint density at radius 1 is 1.10 bits per heavy atom. The van der Waals surface area contributed by atoms with E-state index < -0.39 is 0 Å². The molecule has 0 amide bonds. The molecule has 0 aromatic heterocycles. The molecule has 1 aromatic rings. The molecule has 1 N–H and O–H groups in total. The third-order valence-corrected chi connectivity index (χ3v) is 4.46. The summed E-state index contributed by atoms with van der Waals surface area (Å²) < 4.78 is 13.8. The molecule has 20 heavy (non-hydrogen) atoms. The molecule has 0 bridgehead atoms. The third-order valence-electron chi connectivity index (χ3n) is 4.46. The predicted molar refractivity (Wildman–Crippen MR) is 80.7 cm³/mol. The van der Waals surface area contributed by atoms with Gasteiger partial charge in [0.2, 0.25) is 0 Å². The number of para-hydroxylation sites is 1. The Morgan fingerprint density at radius 2 is 1.90 bits per heavy atom. The van der Waals surface area contributed by atoms with Gasteiger partial charge in [-0.15, -0.1) is 0 Å². The van der Waals surface area contributed by atoms with Crippen LogP contribution in [0.2, 0.25) is 0 Å². The zero-order valence-corrected chi connectivity index (χ0v) is 12.0. The van der Waals surface area contributed by atoms with Crippen molar-refractivity contribution in [2.45, 2.75) is 25.3 Å². The number of halogens is 1. The van der Waals surface area contributed by atoms with Crippen molar-refractivity contribution >= 4 is 5.69 Å². The maximum atomic E-state index is 13.8. The molecule has 3 rings (SSSR count). The number of piperazine rings is 1. The van der Waals surface area contributed by atoms with Crippen LogP contribution < -0.4 is 10.2 Å². The normalized spacial score (nSPS) is 24.9. The second kappa shape index (κ2) is 6.55. The van der Waals surface area contributed by atoms with Gasteiger partial charge in [0.1, 0.15) is 5.82 Å². The van der Waals surface area contributed by atoms with Gasteiger partial charge in [0.15, 0.2) is 0 Å². The molecule has 110 valence electrons. The van der Waals surface area contributed by atoms with Gasteiger partial charge in [-0.1, -0.05) is 18.6 Å². The molecule has 2 aliphatic heterocycles. The number of piperidine rings is 1. The van der Waals surface area contributed by atoms with Crippen LogP contribution in [0.15, 0.2) is 24.3 Å². The van der Waals surface area contributed by atoms with E-state index in [1.54, 1.807) is 12.1 Å². The summed E-state index contributed by atoms with van der Waals surface area (Å²) in [4.78, 5) is 4.68. The Hall–Kier alpha value is -1.13. The van der Waals surface area contributed by atoms with E-state index in [2.05, 4.69) is 15.1 Å². The first kappa shape index (κ1) is 13.8. The second-order valence-electron chi connectivity index (χ2n) is 5.89. The fraction of sp³-hybridized carbons (Fsp3) is 0.625. The van der Waals surface area contributed by atoms with E-state index in [9.17, 15) is 4.39 Å². The molecule has 1 unspecified atom stereocenters. The minimum atomic E-state index is -0.102. The Labute approximate surface area is 120 Å². The number of nitrogens with zero attached hydrogens (tertiary/aromatic N) is 2. The van der Waals surface area contributed by atoms with Crippen LogP contribution in [0.25, 0.3) is 0 Å². The van der Waals surface area contributed by atoms with Crippen molar-refractivity contribution in [3.63, 3.8) is 0 Å². The quantitative estimate of drug-likeness (QED) is 0.912. The average molecular weight is 277 g/mol. The van der Waals surface area contributed by atoms with Crippen LogP contribution in [0, 0.1) is 5.82 Å². The van der Waals surface area contributed by atoms with Gasteiger partial charge < -0.3 is 10.2 Å². The van der Waals surface area contributed by atoms with Crippen molar-refractivity contribution in [3.8, 4) is 0 Å². The van der Waals surface area contributed by atoms with E-state index in [0.29, 0.717) is 6.04 Å². The summed E-state index contributed by atoms with van der Waals surface area (Å²) in [6, 6.07) is 7.76. The van der Waals surface area contributed by atoms with Crippen LogP contribution >= 0.6 is 0 Å². The first-order chi connectivity index (χ1) is 9.83. The Balaban J connectivity index is 1.50. The highest BCUT2D eigenvalue weighted by Gasteiger charge is 2.22. The van der Waals surface area contributed by atoms with Crippen LogP contribution in [0.3, 0.4) is 0 Å². The second-order valence-corrected chi connectivity index (χ2v) is 5.89. The summed E-state index contributed by atoms with van der Waals surface area (Å²) in [6.07, 6.45) is 3.97. The standard InChI is InChI=1S/C16H24FN3/c17-15-6-1-2-7-16(15)20-11-9-19(10-12-20)13-14-5-3-4-8-18-14/h1-2,6-7,14,18H,3-5,8-13H2. The van der Waals surface area contributed by atoms with E-state index in [1.807, 2.05) is 12.1 Å². The topological polar surface area (TPSA) is 18.5 Å². The zero-order valence-electron chi connectivity index (χ0n) is 12.0. The van der Waals surface area contributed by atoms with Crippen molar-refractivity contribution in [1.82, 2.24) is 10.2 Å². The van der Waals surface area contributed by atoms with Gasteiger partial charge in [-0.25, -0.2) is 4.39 Å². The van der Waals surface area contributed by atoms with E-state index in [1.165, 1.54) is 25.8 Å². The molecule has 0 radical (unpaired) electrons. The van der Waals surface area contributed by atoms with E-state index >= 15 is 0 Å². The van der Waals surface area contributed by atoms with Crippen molar-refractivity contribution in [3.05, 3.63) is 30.1 Å². The van der Waals surface area contributed by atoms with Gasteiger partial charge in [0, 0.05) is 38.8 Å². The number of anilines is 1. The van der Waals surface area contributed by atoms with Crippen LogP contribution in [-0.2, 0) is 0 Å². The number of benzene rings is 1. The largest absolute Gasteiger partial charge is 0.367 e. The summed E-state index contributed by atoms with van der Waals surface area (Å²) in [7, 11) is 0. The lowest BCUT2D eigenvalue weighted by atomic mass is 10.0. The molecule has 4 heteroatoms. The van der Waals surface area contributed by atoms with Gasteiger partial charge in [-0.05, 0) is 31.5 Å². The molecular formula is C16H24FN3. The van der Waals surface area contributed by atoms with Gasteiger partial charge in [0.05, 0.1) is 5.69 Å². The van der Waals surface area contributed by atoms with E-state index in [4.69, 9.17) is 0 Å². The van der Waals surface area contributed by atoms with Crippen molar-refractivity contribution in [2.75, 3.05) is 44.2 Å². The van der Waals surface area contributed by atoms with Gasteiger partial charge in [0.25, 0.3) is 0 Å². The highest BCUT2D eigenvalue weighted by atomic mass is 19.1. The van der Waals surface area contributed by atoms with Crippen molar-refractivity contribution in [2.24, 2.45) is 0 Å². The van der Waals surface area contributed by atoms with Crippen molar-refractivity contribution in [1.29, 1.82) is 0 Å². The number of rotatable bonds is 3. The summed E-state index contributed by atoms with van der Waals surface area (Å²) >= 11 is 0. The molecule has 0 spiro atoms. The molecule has 1 atom stereocenters. The number of hydrogen-bond donors (Lipinski definition) is 1. The number of nitrogens with one attached hydrogen (secondary N) is 1. The summed E-state index contributed by atoms with van der Waals surface area (Å²) in [5.74, 6) is -0.102. The lowest BCUT2D eigenvalue weighted by Crippen LogP contribution is -2.51. The zero-order chi connectivity index (χ0) is 13.8. The molecule has 2 fully saturated rings. The molecule has 2 aliphatic rings. The molecule has 0 saturated carbocycles. The monoisotopic (exact) mass is 277 g/mol. The van der Waals surface area contributed by atoms with Gasteiger partial charge in [-0.3, -0.25) is 4.90 Å². The summed E-state index contributed by atoms with van der Waals surface area (Å²) in [6.45, 7) is 6.23. The summed E-state index contributed by atoms with van der Waals surface area (Å²) in [5.41, 5.74) is 0.753. The third kappa shape index (κ3) is 3.30. The van der Waals surface area contributed by atoms with E-state index in [0.717, 1.165) is 38.4 Å². The molecule has 1 aromatic carbocycles. The van der Waals surface area contributed by atoms with E-state index in [-0.39, 0.29) is 5.82 Å². The molecule has 2 saturated heterocycles. The van der Waals surface area contributed by atoms with Crippen LogP contribution in [0.5, 0.6) is 0 Å². The minimum absolute atomic E-state index is 0.102. The fourth-order valence-corrected chi connectivity index (χ4v) is 3.27. The lowest BCUT2D eigenvalue weighted by molar-refractivity contribution is 0.213. The minimum Gasteiger partial charge on any atom is -0.367 e. The van der Waals surface area contributed by atoms with Gasteiger partial charge >= 0.3 is 0 Å². The Kier molecular flexibility index (Phi) is 4.53. The Bertz CT molecular complexity index is 423. The fourth-order valence-electron chi connectivity index (χ4n) is 3.27. The van der Waals surface area contributed by atoms with Gasteiger partial charge in [-0.2, -0.15) is 0 Å². The van der Waals surface area contributed by atoms with Crippen LogP contribution in [0.4, 0.5) is 10.1 Å². The first-order valence-electron chi connectivity index (χ1n) is 7.78. The maximum Gasteiger partial charge on any atom is 0.146 e. The molecular weight excluding hydrogens is 253 g/mol. The molecule has 2 heterocycles. The Morgan fingerprint density at radius 3 is 2.60 bits per heavy atom. The predicted octanol–water partition coefficient (Wildman–Crippen LogP) is 2.09. The molecule has 3 nitrogen and oxygen atoms in total. The average Bonchev–Trinajstić information content (AvgIpc) is 2.50. The SMILES string of the molecule is Fc1ccccc1N1CCN(CC2CCCCN2)CC1.